The molecule has 0 amide bonds. The second-order valence-electron chi connectivity index (χ2n) is 5.92. The van der Waals surface area contributed by atoms with Gasteiger partial charge >= 0.3 is 0 Å². The molecule has 1 saturated heterocycles. The smallest absolute Gasteiger partial charge is 0.0802 e. The lowest BCUT2D eigenvalue weighted by Crippen LogP contribution is -2.32. The predicted octanol–water partition coefficient (Wildman–Crippen LogP) is 2.05. The molecule has 19 heavy (non-hydrogen) atoms. The summed E-state index contributed by atoms with van der Waals surface area (Å²) in [5.41, 5.74) is 2.28. The molecule has 106 valence electrons. The lowest BCUT2D eigenvalue weighted by molar-refractivity contribution is 0.146. The number of aliphatic hydroxyl groups excluding tert-OH is 1. The molecule has 1 N–H and O–H groups in total. The van der Waals surface area contributed by atoms with E-state index in [0.29, 0.717) is 6.04 Å². The van der Waals surface area contributed by atoms with Crippen LogP contribution in [0.5, 0.6) is 0 Å². The first-order valence-electron chi connectivity index (χ1n) is 7.19. The number of rotatable bonds is 5. The van der Waals surface area contributed by atoms with Crippen LogP contribution in [0.25, 0.3) is 0 Å². The molecule has 2 atom stereocenters. The molecule has 3 heteroatoms. The number of benzene rings is 1. The number of hydrogen-bond donors (Lipinski definition) is 1. The van der Waals surface area contributed by atoms with E-state index in [-0.39, 0.29) is 6.10 Å². The van der Waals surface area contributed by atoms with Gasteiger partial charge in [0.15, 0.2) is 0 Å². The van der Waals surface area contributed by atoms with Crippen LogP contribution in [0.3, 0.4) is 0 Å². The van der Waals surface area contributed by atoms with Gasteiger partial charge in [0.2, 0.25) is 0 Å². The van der Waals surface area contributed by atoms with Crippen molar-refractivity contribution < 1.29 is 5.11 Å². The zero-order valence-corrected chi connectivity index (χ0v) is 12.3. The Hall–Kier alpha value is -0.900. The van der Waals surface area contributed by atoms with Crippen molar-refractivity contribution in [1.29, 1.82) is 0 Å². The van der Waals surface area contributed by atoms with Crippen LogP contribution in [0.2, 0.25) is 0 Å². The Morgan fingerprint density at radius 1 is 1.32 bits per heavy atom. The number of likely N-dealkylation sites (tertiary alicyclic amines) is 1. The van der Waals surface area contributed by atoms with Crippen molar-refractivity contribution in [3.8, 4) is 0 Å². The normalized spacial score (nSPS) is 22.1. The summed E-state index contributed by atoms with van der Waals surface area (Å²) in [7, 11) is 4.30. The van der Waals surface area contributed by atoms with Gasteiger partial charge in [-0.25, -0.2) is 0 Å². The van der Waals surface area contributed by atoms with E-state index < -0.39 is 0 Å². The molecule has 0 aliphatic carbocycles. The van der Waals surface area contributed by atoms with Crippen LogP contribution in [0.1, 0.15) is 30.1 Å². The molecule has 0 aromatic heterocycles. The predicted molar refractivity (Wildman–Crippen MR) is 79.3 cm³/mol. The monoisotopic (exact) mass is 262 g/mol. The summed E-state index contributed by atoms with van der Waals surface area (Å²) in [5.74, 6) is 0. The number of likely N-dealkylation sites (N-methyl/N-ethyl adjacent to an activating group) is 1. The van der Waals surface area contributed by atoms with Crippen LogP contribution in [0.15, 0.2) is 24.3 Å². The molecule has 1 heterocycles. The van der Waals surface area contributed by atoms with Gasteiger partial charge in [-0.2, -0.15) is 0 Å². The van der Waals surface area contributed by atoms with Crippen LogP contribution in [0, 0.1) is 6.92 Å². The van der Waals surface area contributed by atoms with Crippen molar-refractivity contribution in [2.75, 3.05) is 33.7 Å². The summed E-state index contributed by atoms with van der Waals surface area (Å²) in [4.78, 5) is 4.76. The number of nitrogens with zero attached hydrogens (tertiary/aromatic N) is 2. The minimum absolute atomic E-state index is 0.334. The Morgan fingerprint density at radius 2 is 2.00 bits per heavy atom. The molecule has 1 aliphatic rings. The Balaban J connectivity index is 1.78. The highest BCUT2D eigenvalue weighted by molar-refractivity contribution is 5.23. The Labute approximate surface area is 116 Å². The van der Waals surface area contributed by atoms with Crippen molar-refractivity contribution >= 4 is 0 Å². The first-order chi connectivity index (χ1) is 9.06. The molecule has 0 spiro atoms. The number of hydrogen-bond acceptors (Lipinski definition) is 3. The average molecular weight is 262 g/mol. The minimum Gasteiger partial charge on any atom is -0.388 e. The molecule has 2 rings (SSSR count). The van der Waals surface area contributed by atoms with E-state index in [1.54, 1.807) is 0 Å². The van der Waals surface area contributed by atoms with Gasteiger partial charge in [-0.3, -0.25) is 0 Å². The van der Waals surface area contributed by atoms with Crippen LogP contribution in [-0.4, -0.2) is 54.7 Å². The van der Waals surface area contributed by atoms with Crippen LogP contribution >= 0.6 is 0 Å². The standard InChI is InChI=1S/C16H26N2O/c1-13-4-6-14(7-5-13)16(19)9-11-18-10-8-15(12-18)17(2)3/h4-7,15-16,19H,8-12H2,1-3H3. The van der Waals surface area contributed by atoms with E-state index in [1.165, 1.54) is 12.0 Å². The van der Waals surface area contributed by atoms with Gasteiger partial charge in [-0.15, -0.1) is 0 Å². The highest BCUT2D eigenvalue weighted by Gasteiger charge is 2.24. The Bertz CT molecular complexity index is 388. The summed E-state index contributed by atoms with van der Waals surface area (Å²) in [6.07, 6.45) is 1.73. The maximum Gasteiger partial charge on any atom is 0.0802 e. The van der Waals surface area contributed by atoms with E-state index in [2.05, 4.69) is 43.0 Å². The summed E-state index contributed by atoms with van der Waals surface area (Å²) >= 11 is 0. The molecule has 1 fully saturated rings. The molecular formula is C16H26N2O. The molecule has 1 aromatic carbocycles. The van der Waals surface area contributed by atoms with Crippen molar-refractivity contribution in [2.24, 2.45) is 0 Å². The molecule has 2 unspecified atom stereocenters. The van der Waals surface area contributed by atoms with Crippen molar-refractivity contribution in [3.05, 3.63) is 35.4 Å². The summed E-state index contributed by atoms with van der Waals surface area (Å²) in [6.45, 7) is 5.35. The summed E-state index contributed by atoms with van der Waals surface area (Å²) in [5, 5.41) is 10.2. The maximum absolute atomic E-state index is 10.2. The third-order valence-electron chi connectivity index (χ3n) is 4.16. The molecule has 1 aliphatic heterocycles. The fourth-order valence-electron chi connectivity index (χ4n) is 2.70. The van der Waals surface area contributed by atoms with E-state index in [4.69, 9.17) is 0 Å². The molecular weight excluding hydrogens is 236 g/mol. The first-order valence-corrected chi connectivity index (χ1v) is 7.19. The Morgan fingerprint density at radius 3 is 2.58 bits per heavy atom. The summed E-state index contributed by atoms with van der Waals surface area (Å²) in [6, 6.07) is 8.88. The fraction of sp³-hybridized carbons (Fsp3) is 0.625. The zero-order valence-electron chi connectivity index (χ0n) is 12.3. The highest BCUT2D eigenvalue weighted by Crippen LogP contribution is 2.20. The van der Waals surface area contributed by atoms with Crippen LogP contribution in [0.4, 0.5) is 0 Å². The van der Waals surface area contributed by atoms with Crippen molar-refractivity contribution in [1.82, 2.24) is 9.80 Å². The second kappa shape index (κ2) is 6.51. The molecule has 3 nitrogen and oxygen atoms in total. The molecule has 0 radical (unpaired) electrons. The quantitative estimate of drug-likeness (QED) is 0.880. The maximum atomic E-state index is 10.2. The van der Waals surface area contributed by atoms with E-state index >= 15 is 0 Å². The Kier molecular flexibility index (Phi) is 4.97. The van der Waals surface area contributed by atoms with E-state index in [9.17, 15) is 5.11 Å². The lowest BCUT2D eigenvalue weighted by atomic mass is 10.0. The van der Waals surface area contributed by atoms with Gasteiger partial charge in [0.1, 0.15) is 0 Å². The largest absolute Gasteiger partial charge is 0.388 e. The third kappa shape index (κ3) is 4.03. The topological polar surface area (TPSA) is 26.7 Å². The number of aliphatic hydroxyl groups is 1. The SMILES string of the molecule is Cc1ccc(C(O)CCN2CCC(N(C)C)C2)cc1. The highest BCUT2D eigenvalue weighted by atomic mass is 16.3. The van der Waals surface area contributed by atoms with Crippen molar-refractivity contribution in [2.45, 2.75) is 31.9 Å². The van der Waals surface area contributed by atoms with Gasteiger partial charge in [0.25, 0.3) is 0 Å². The van der Waals surface area contributed by atoms with Crippen LogP contribution in [-0.2, 0) is 0 Å². The van der Waals surface area contributed by atoms with Gasteiger partial charge in [-0.05, 0) is 46.0 Å². The van der Waals surface area contributed by atoms with Crippen LogP contribution < -0.4 is 0 Å². The van der Waals surface area contributed by atoms with Crippen molar-refractivity contribution in [3.63, 3.8) is 0 Å². The minimum atomic E-state index is -0.334. The fourth-order valence-corrected chi connectivity index (χ4v) is 2.70. The third-order valence-corrected chi connectivity index (χ3v) is 4.16. The summed E-state index contributed by atoms with van der Waals surface area (Å²) < 4.78 is 0. The zero-order chi connectivity index (χ0) is 13.8. The van der Waals surface area contributed by atoms with Gasteiger partial charge < -0.3 is 14.9 Å². The van der Waals surface area contributed by atoms with Gasteiger partial charge in [-0.1, -0.05) is 29.8 Å². The van der Waals surface area contributed by atoms with Gasteiger partial charge in [0, 0.05) is 19.1 Å². The number of aryl methyl sites for hydroxylation is 1. The molecule has 0 bridgehead atoms. The second-order valence-corrected chi connectivity index (χ2v) is 5.92. The lowest BCUT2D eigenvalue weighted by Gasteiger charge is -2.21. The molecule has 0 saturated carbocycles. The average Bonchev–Trinajstić information content (AvgIpc) is 2.86. The first kappa shape index (κ1) is 14.5. The van der Waals surface area contributed by atoms with Gasteiger partial charge in [0.05, 0.1) is 6.10 Å². The van der Waals surface area contributed by atoms with E-state index in [1.807, 2.05) is 12.1 Å². The van der Waals surface area contributed by atoms with E-state index in [0.717, 1.165) is 31.6 Å². The molecule has 1 aromatic rings.